The van der Waals surface area contributed by atoms with Crippen molar-refractivity contribution in [2.24, 2.45) is 0 Å². The first-order valence-electron chi connectivity index (χ1n) is 6.00. The van der Waals surface area contributed by atoms with Gasteiger partial charge in [0, 0.05) is 10.9 Å². The van der Waals surface area contributed by atoms with Gasteiger partial charge in [0.1, 0.15) is 5.82 Å². The van der Waals surface area contributed by atoms with E-state index in [0.717, 1.165) is 21.3 Å². The van der Waals surface area contributed by atoms with Gasteiger partial charge in [-0.1, -0.05) is 13.0 Å². The summed E-state index contributed by atoms with van der Waals surface area (Å²) in [6.07, 6.45) is 0.716. The zero-order valence-corrected chi connectivity index (χ0v) is 12.6. The van der Waals surface area contributed by atoms with E-state index in [1.165, 1.54) is 0 Å². The van der Waals surface area contributed by atoms with Crippen LogP contribution in [0.4, 0.5) is 5.69 Å². The second kappa shape index (κ2) is 5.52. The minimum atomic E-state index is -0.316. The highest BCUT2D eigenvalue weighted by Gasteiger charge is 2.15. The molecule has 0 fully saturated rings. The molecule has 0 aliphatic rings. The maximum atomic E-state index is 12.1. The molecule has 2 aromatic rings. The minimum Gasteiger partial charge on any atom is -0.318 e. The van der Waals surface area contributed by atoms with Gasteiger partial charge in [0.15, 0.2) is 0 Å². The van der Waals surface area contributed by atoms with Crippen LogP contribution in [0.2, 0.25) is 0 Å². The van der Waals surface area contributed by atoms with Crippen LogP contribution in [0, 0.1) is 13.8 Å². The molecular weight excluding hydrogens is 308 g/mol. The first kappa shape index (κ1) is 13.7. The number of benzene rings is 1. The number of halogens is 1. The summed E-state index contributed by atoms with van der Waals surface area (Å²) < 4.78 is 0.851. The third-order valence-corrected chi connectivity index (χ3v) is 3.37. The molecule has 2 rings (SSSR count). The van der Waals surface area contributed by atoms with Crippen molar-refractivity contribution in [2.75, 3.05) is 5.32 Å². The van der Waals surface area contributed by atoms with E-state index < -0.39 is 0 Å². The highest BCUT2D eigenvalue weighted by molar-refractivity contribution is 9.10. The van der Waals surface area contributed by atoms with E-state index >= 15 is 0 Å². The smallest absolute Gasteiger partial charge is 0.295 e. The van der Waals surface area contributed by atoms with Crippen molar-refractivity contribution in [3.05, 3.63) is 39.4 Å². The molecular formula is C13H15BrN4O. The Bertz CT molecular complexity index is 598. The number of nitrogens with one attached hydrogen (secondary N) is 2. The standard InChI is InChI=1S/C13H15BrN4O/c1-4-10-15-12(18-17-10)13(19)16-11-8(3)5-7(2)6-9(11)14/h5-6H,4H2,1-3H3,(H,16,19)(H,15,17,18). The molecule has 0 saturated heterocycles. The fourth-order valence-electron chi connectivity index (χ4n) is 1.80. The summed E-state index contributed by atoms with van der Waals surface area (Å²) in [7, 11) is 0. The average molecular weight is 323 g/mol. The highest BCUT2D eigenvalue weighted by Crippen LogP contribution is 2.27. The molecule has 0 spiro atoms. The normalized spacial score (nSPS) is 10.5. The molecule has 0 saturated carbocycles. The van der Waals surface area contributed by atoms with E-state index in [4.69, 9.17) is 0 Å². The molecule has 0 bridgehead atoms. The number of amides is 1. The Hall–Kier alpha value is -1.69. The number of carbonyl (C=O) groups excluding carboxylic acids is 1. The second-order valence-corrected chi connectivity index (χ2v) is 5.21. The van der Waals surface area contributed by atoms with Crippen molar-refractivity contribution < 1.29 is 4.79 Å². The number of hydrogen-bond donors (Lipinski definition) is 2. The van der Waals surface area contributed by atoms with Crippen molar-refractivity contribution in [1.82, 2.24) is 15.2 Å². The lowest BCUT2D eigenvalue weighted by molar-refractivity contribution is 0.101. The lowest BCUT2D eigenvalue weighted by atomic mass is 10.1. The zero-order valence-electron chi connectivity index (χ0n) is 11.0. The van der Waals surface area contributed by atoms with Crippen LogP contribution < -0.4 is 5.32 Å². The Balaban J connectivity index is 2.24. The Morgan fingerprint density at radius 1 is 1.42 bits per heavy atom. The lowest BCUT2D eigenvalue weighted by Crippen LogP contribution is -2.15. The number of hydrogen-bond acceptors (Lipinski definition) is 3. The summed E-state index contributed by atoms with van der Waals surface area (Å²) >= 11 is 3.45. The Morgan fingerprint density at radius 3 is 2.74 bits per heavy atom. The number of rotatable bonds is 3. The maximum absolute atomic E-state index is 12.1. The largest absolute Gasteiger partial charge is 0.318 e. The fraction of sp³-hybridized carbons (Fsp3) is 0.308. The number of anilines is 1. The molecule has 6 heteroatoms. The van der Waals surface area contributed by atoms with Crippen LogP contribution in [0.3, 0.4) is 0 Å². The second-order valence-electron chi connectivity index (χ2n) is 4.35. The van der Waals surface area contributed by atoms with Crippen molar-refractivity contribution >= 4 is 27.5 Å². The van der Waals surface area contributed by atoms with Gasteiger partial charge in [0.05, 0.1) is 5.69 Å². The SMILES string of the molecule is CCc1nc(C(=O)Nc2c(C)cc(C)cc2Br)n[nH]1. The number of aromatic nitrogens is 3. The van der Waals surface area contributed by atoms with Crippen LogP contribution in [0.5, 0.6) is 0 Å². The number of carbonyl (C=O) groups is 1. The lowest BCUT2D eigenvalue weighted by Gasteiger charge is -2.10. The third kappa shape index (κ3) is 3.01. The summed E-state index contributed by atoms with van der Waals surface area (Å²) in [6.45, 7) is 5.90. The molecule has 0 unspecified atom stereocenters. The summed E-state index contributed by atoms with van der Waals surface area (Å²) in [4.78, 5) is 16.2. The Morgan fingerprint density at radius 2 is 2.16 bits per heavy atom. The third-order valence-electron chi connectivity index (χ3n) is 2.74. The first-order chi connectivity index (χ1) is 9.01. The minimum absolute atomic E-state index is 0.156. The van der Waals surface area contributed by atoms with E-state index in [2.05, 4.69) is 36.4 Å². The number of aryl methyl sites for hydroxylation is 3. The number of H-pyrrole nitrogens is 1. The van der Waals surface area contributed by atoms with Crippen molar-refractivity contribution in [1.29, 1.82) is 0 Å². The molecule has 5 nitrogen and oxygen atoms in total. The van der Waals surface area contributed by atoms with Gasteiger partial charge in [-0.3, -0.25) is 9.89 Å². The maximum Gasteiger partial charge on any atom is 0.295 e. The molecule has 1 amide bonds. The molecule has 19 heavy (non-hydrogen) atoms. The van der Waals surface area contributed by atoms with Gasteiger partial charge in [0.2, 0.25) is 5.82 Å². The molecule has 1 aromatic heterocycles. The molecule has 0 aliphatic carbocycles. The average Bonchev–Trinajstić information content (AvgIpc) is 2.82. The first-order valence-corrected chi connectivity index (χ1v) is 6.80. The van der Waals surface area contributed by atoms with Crippen LogP contribution in [0.25, 0.3) is 0 Å². The quantitative estimate of drug-likeness (QED) is 0.912. The van der Waals surface area contributed by atoms with E-state index in [0.29, 0.717) is 12.2 Å². The molecule has 0 atom stereocenters. The van der Waals surface area contributed by atoms with Crippen LogP contribution >= 0.6 is 15.9 Å². The van der Waals surface area contributed by atoms with Gasteiger partial charge in [-0.05, 0) is 47.0 Å². The van der Waals surface area contributed by atoms with Gasteiger partial charge in [-0.2, -0.15) is 0 Å². The van der Waals surface area contributed by atoms with E-state index in [9.17, 15) is 4.79 Å². The topological polar surface area (TPSA) is 70.7 Å². The summed E-state index contributed by atoms with van der Waals surface area (Å²) in [5, 5.41) is 9.45. The molecule has 2 N–H and O–H groups in total. The van der Waals surface area contributed by atoms with E-state index in [1.54, 1.807) is 0 Å². The van der Waals surface area contributed by atoms with Crippen LogP contribution in [-0.2, 0) is 6.42 Å². The van der Waals surface area contributed by atoms with Gasteiger partial charge >= 0.3 is 0 Å². The summed E-state index contributed by atoms with van der Waals surface area (Å²) in [6, 6.07) is 3.97. The molecule has 1 heterocycles. The fourth-order valence-corrected chi connectivity index (χ4v) is 2.57. The monoisotopic (exact) mass is 322 g/mol. The Kier molecular flexibility index (Phi) is 3.99. The molecule has 100 valence electrons. The highest BCUT2D eigenvalue weighted by atomic mass is 79.9. The van der Waals surface area contributed by atoms with Crippen LogP contribution in [-0.4, -0.2) is 21.1 Å². The molecule has 1 aromatic carbocycles. The van der Waals surface area contributed by atoms with Crippen molar-refractivity contribution in [3.8, 4) is 0 Å². The van der Waals surface area contributed by atoms with E-state index in [-0.39, 0.29) is 11.7 Å². The predicted molar refractivity (Wildman–Crippen MR) is 77.3 cm³/mol. The van der Waals surface area contributed by atoms with Crippen LogP contribution in [0.1, 0.15) is 34.5 Å². The summed E-state index contributed by atoms with van der Waals surface area (Å²) in [5.74, 6) is 0.539. The van der Waals surface area contributed by atoms with Crippen LogP contribution in [0.15, 0.2) is 16.6 Å². The zero-order chi connectivity index (χ0) is 14.0. The van der Waals surface area contributed by atoms with Gasteiger partial charge in [-0.15, -0.1) is 5.10 Å². The van der Waals surface area contributed by atoms with Gasteiger partial charge in [-0.25, -0.2) is 4.98 Å². The molecule has 0 aliphatic heterocycles. The van der Waals surface area contributed by atoms with E-state index in [1.807, 2.05) is 32.9 Å². The van der Waals surface area contributed by atoms with Gasteiger partial charge in [0.25, 0.3) is 5.91 Å². The number of nitrogens with zero attached hydrogens (tertiary/aromatic N) is 2. The van der Waals surface area contributed by atoms with Crippen molar-refractivity contribution in [3.63, 3.8) is 0 Å². The molecule has 0 radical (unpaired) electrons. The van der Waals surface area contributed by atoms with Gasteiger partial charge < -0.3 is 5.32 Å². The summed E-state index contributed by atoms with van der Waals surface area (Å²) in [5.41, 5.74) is 2.87. The Labute approximate surface area is 120 Å². The number of aromatic amines is 1. The predicted octanol–water partition coefficient (Wildman–Crippen LogP) is 3.00. The van der Waals surface area contributed by atoms with Crippen molar-refractivity contribution in [2.45, 2.75) is 27.2 Å².